The lowest BCUT2D eigenvalue weighted by molar-refractivity contribution is 0.153. The third-order valence-corrected chi connectivity index (χ3v) is 5.34. The average Bonchev–Trinajstić information content (AvgIpc) is 3.18. The number of aliphatic hydroxyl groups is 1. The molecule has 3 heterocycles. The number of halogens is 1. The summed E-state index contributed by atoms with van der Waals surface area (Å²) in [6.07, 6.45) is 1.40. The highest BCUT2D eigenvalue weighted by atomic mass is 19.1. The predicted octanol–water partition coefficient (Wildman–Crippen LogP) is 4.16. The summed E-state index contributed by atoms with van der Waals surface area (Å²) < 4.78 is 15.1. The van der Waals surface area contributed by atoms with E-state index in [9.17, 15) is 9.50 Å². The number of benzene rings is 2. The van der Waals surface area contributed by atoms with Gasteiger partial charge in [-0.05, 0) is 37.1 Å². The van der Waals surface area contributed by atoms with E-state index in [1.54, 1.807) is 12.1 Å². The molecule has 6 heteroatoms. The first kappa shape index (κ1) is 17.8. The topological polar surface area (TPSA) is 53.7 Å². The summed E-state index contributed by atoms with van der Waals surface area (Å²) in [5.74, 6) is 0.631. The first-order valence-corrected chi connectivity index (χ1v) is 9.82. The molecular weight excluding hydrogens is 367 g/mol. The van der Waals surface area contributed by atoms with Gasteiger partial charge in [-0.15, -0.1) is 0 Å². The summed E-state index contributed by atoms with van der Waals surface area (Å²) in [6.45, 7) is 1.43. The normalized spacial score (nSPS) is 17.0. The van der Waals surface area contributed by atoms with Gasteiger partial charge < -0.3 is 10.0 Å². The monoisotopic (exact) mass is 388 g/mol. The number of fused-ring (bicyclic) bond motifs is 1. The molecule has 0 radical (unpaired) electrons. The molecule has 5 nitrogen and oxygen atoms in total. The van der Waals surface area contributed by atoms with Gasteiger partial charge in [0.2, 0.25) is 0 Å². The van der Waals surface area contributed by atoms with Crippen LogP contribution >= 0.6 is 0 Å². The third-order valence-electron chi connectivity index (χ3n) is 5.34. The van der Waals surface area contributed by atoms with Gasteiger partial charge in [0.25, 0.3) is 0 Å². The van der Waals surface area contributed by atoms with Crippen LogP contribution in [0.5, 0.6) is 0 Å². The van der Waals surface area contributed by atoms with E-state index >= 15 is 0 Å². The van der Waals surface area contributed by atoms with E-state index in [4.69, 9.17) is 10.1 Å². The van der Waals surface area contributed by atoms with Gasteiger partial charge in [0.1, 0.15) is 11.6 Å². The Morgan fingerprint density at radius 1 is 0.931 bits per heavy atom. The van der Waals surface area contributed by atoms with E-state index in [0.717, 1.165) is 53.4 Å². The number of hydrogen-bond acceptors (Lipinski definition) is 4. The van der Waals surface area contributed by atoms with Crippen molar-refractivity contribution in [1.82, 2.24) is 14.6 Å². The zero-order valence-electron chi connectivity index (χ0n) is 15.9. The molecule has 5 rings (SSSR count). The molecule has 1 atom stereocenters. The lowest BCUT2D eigenvalue weighted by Crippen LogP contribution is -2.39. The van der Waals surface area contributed by atoms with E-state index in [1.807, 2.05) is 47.0 Å². The van der Waals surface area contributed by atoms with Crippen molar-refractivity contribution < 1.29 is 9.50 Å². The molecule has 1 saturated heterocycles. The van der Waals surface area contributed by atoms with Crippen LogP contribution in [0.2, 0.25) is 0 Å². The van der Waals surface area contributed by atoms with Gasteiger partial charge in [-0.2, -0.15) is 9.61 Å². The highest BCUT2D eigenvalue weighted by molar-refractivity contribution is 5.71. The van der Waals surface area contributed by atoms with Crippen molar-refractivity contribution in [3.05, 3.63) is 72.5 Å². The maximum Gasteiger partial charge on any atom is 0.158 e. The smallest absolute Gasteiger partial charge is 0.158 e. The predicted molar refractivity (Wildman–Crippen MR) is 111 cm³/mol. The molecule has 4 aromatic rings. The molecule has 1 fully saturated rings. The molecule has 0 bridgehead atoms. The minimum absolute atomic E-state index is 0.273. The number of aliphatic hydroxyl groups excluding tert-OH is 1. The zero-order valence-corrected chi connectivity index (χ0v) is 15.9. The molecule has 1 N–H and O–H groups in total. The van der Waals surface area contributed by atoms with Crippen molar-refractivity contribution in [2.75, 3.05) is 18.0 Å². The van der Waals surface area contributed by atoms with E-state index in [0.29, 0.717) is 6.54 Å². The summed E-state index contributed by atoms with van der Waals surface area (Å²) in [5, 5.41) is 14.9. The molecule has 2 aromatic carbocycles. The van der Waals surface area contributed by atoms with Crippen LogP contribution in [0, 0.1) is 5.82 Å². The summed E-state index contributed by atoms with van der Waals surface area (Å²) >= 11 is 0. The highest BCUT2D eigenvalue weighted by Crippen LogP contribution is 2.29. The minimum Gasteiger partial charge on any atom is -0.391 e. The number of nitrogens with zero attached hydrogens (tertiary/aromatic N) is 4. The van der Waals surface area contributed by atoms with Gasteiger partial charge >= 0.3 is 0 Å². The van der Waals surface area contributed by atoms with Crippen molar-refractivity contribution in [1.29, 1.82) is 0 Å². The second-order valence-electron chi connectivity index (χ2n) is 7.41. The Morgan fingerprint density at radius 2 is 1.69 bits per heavy atom. The second kappa shape index (κ2) is 7.29. The SMILES string of the molecule is OC1CCCN(c2cc(-c3ccccc3)nc3cc(-c4ccc(F)cc4)nn23)C1. The first-order valence-electron chi connectivity index (χ1n) is 9.82. The Labute approximate surface area is 168 Å². The van der Waals surface area contributed by atoms with Gasteiger partial charge in [0.05, 0.1) is 17.5 Å². The largest absolute Gasteiger partial charge is 0.391 e. The third kappa shape index (κ3) is 3.47. The zero-order chi connectivity index (χ0) is 19.8. The maximum absolute atomic E-state index is 13.3. The van der Waals surface area contributed by atoms with Crippen molar-refractivity contribution in [3.8, 4) is 22.5 Å². The molecule has 1 aliphatic rings. The van der Waals surface area contributed by atoms with Crippen LogP contribution in [-0.4, -0.2) is 38.9 Å². The van der Waals surface area contributed by atoms with E-state index < -0.39 is 0 Å². The van der Waals surface area contributed by atoms with E-state index in [1.165, 1.54) is 12.1 Å². The molecule has 146 valence electrons. The van der Waals surface area contributed by atoms with Crippen molar-refractivity contribution in [2.24, 2.45) is 0 Å². The molecule has 0 aliphatic carbocycles. The first-order chi connectivity index (χ1) is 14.2. The number of β-amino-alcohol motifs (C(OH)–C–C–N with tert-alkyl or cyclic N) is 1. The molecule has 0 spiro atoms. The Morgan fingerprint density at radius 3 is 2.45 bits per heavy atom. The van der Waals surface area contributed by atoms with Crippen molar-refractivity contribution in [2.45, 2.75) is 18.9 Å². The van der Waals surface area contributed by atoms with E-state index in [-0.39, 0.29) is 11.9 Å². The molecule has 1 aliphatic heterocycles. The Balaban J connectivity index is 1.67. The van der Waals surface area contributed by atoms with Gasteiger partial charge in [0, 0.05) is 36.3 Å². The highest BCUT2D eigenvalue weighted by Gasteiger charge is 2.22. The Bertz CT molecular complexity index is 1140. The van der Waals surface area contributed by atoms with Crippen molar-refractivity contribution in [3.63, 3.8) is 0 Å². The fourth-order valence-corrected chi connectivity index (χ4v) is 3.87. The lowest BCUT2D eigenvalue weighted by atomic mass is 10.1. The van der Waals surface area contributed by atoms with Gasteiger partial charge in [-0.25, -0.2) is 9.37 Å². The fraction of sp³-hybridized carbons (Fsp3) is 0.217. The summed E-state index contributed by atoms with van der Waals surface area (Å²) in [7, 11) is 0. The minimum atomic E-state index is -0.348. The number of aromatic nitrogens is 3. The Kier molecular flexibility index (Phi) is 4.48. The van der Waals surface area contributed by atoms with Crippen molar-refractivity contribution >= 4 is 11.5 Å². The standard InChI is InChI=1S/C23H21FN4O/c24-18-10-8-17(9-11-18)21-13-22-25-20(16-5-2-1-3-6-16)14-23(28(22)26-21)27-12-4-7-19(29)15-27/h1-3,5-6,8-11,13-14,19,29H,4,7,12,15H2. The second-order valence-corrected chi connectivity index (χ2v) is 7.41. The quantitative estimate of drug-likeness (QED) is 0.573. The van der Waals surface area contributed by atoms with Gasteiger partial charge in [0.15, 0.2) is 5.65 Å². The molecule has 1 unspecified atom stereocenters. The molecular formula is C23H21FN4O. The van der Waals surface area contributed by atoms with Gasteiger partial charge in [-0.3, -0.25) is 0 Å². The number of anilines is 1. The summed E-state index contributed by atoms with van der Waals surface area (Å²) in [5.41, 5.74) is 4.18. The summed E-state index contributed by atoms with van der Waals surface area (Å²) in [6, 6.07) is 20.3. The maximum atomic E-state index is 13.3. The van der Waals surface area contributed by atoms with Crippen LogP contribution in [0.15, 0.2) is 66.7 Å². The summed E-state index contributed by atoms with van der Waals surface area (Å²) in [4.78, 5) is 6.98. The van der Waals surface area contributed by atoms with Crippen LogP contribution in [0.1, 0.15) is 12.8 Å². The van der Waals surface area contributed by atoms with E-state index in [2.05, 4.69) is 4.90 Å². The molecule has 0 amide bonds. The Hall–Kier alpha value is -3.25. The number of hydrogen-bond donors (Lipinski definition) is 1. The van der Waals surface area contributed by atoms with Crippen LogP contribution in [0.4, 0.5) is 10.2 Å². The molecule has 29 heavy (non-hydrogen) atoms. The molecule has 0 saturated carbocycles. The van der Waals surface area contributed by atoms with Gasteiger partial charge in [-0.1, -0.05) is 30.3 Å². The lowest BCUT2D eigenvalue weighted by Gasteiger charge is -2.32. The average molecular weight is 388 g/mol. The fourth-order valence-electron chi connectivity index (χ4n) is 3.87. The number of rotatable bonds is 3. The van der Waals surface area contributed by atoms with Crippen LogP contribution < -0.4 is 4.90 Å². The van der Waals surface area contributed by atoms with Crippen LogP contribution in [0.25, 0.3) is 28.2 Å². The van der Waals surface area contributed by atoms with Crippen LogP contribution in [0.3, 0.4) is 0 Å². The molecule has 2 aromatic heterocycles. The van der Waals surface area contributed by atoms with Crippen LogP contribution in [-0.2, 0) is 0 Å². The number of piperidine rings is 1.